The van der Waals surface area contributed by atoms with Gasteiger partial charge in [-0.15, -0.1) is 0 Å². The summed E-state index contributed by atoms with van der Waals surface area (Å²) in [6, 6.07) is 13.9. The fraction of sp³-hybridized carbons (Fsp3) is 0.348. The third kappa shape index (κ3) is 3.20. The summed E-state index contributed by atoms with van der Waals surface area (Å²) in [5, 5.41) is 3.74. The van der Waals surface area contributed by atoms with E-state index < -0.39 is 0 Å². The summed E-state index contributed by atoms with van der Waals surface area (Å²) in [6.07, 6.45) is 2.90. The first kappa shape index (κ1) is 18.7. The number of nitrogens with zero attached hydrogens (tertiary/aromatic N) is 2. The number of para-hydroxylation sites is 1. The van der Waals surface area contributed by atoms with Gasteiger partial charge in [-0.3, -0.25) is 9.59 Å². The van der Waals surface area contributed by atoms with Crippen molar-refractivity contribution in [2.24, 2.45) is 0 Å². The maximum Gasteiger partial charge on any atom is 0.232 e. The number of amides is 2. The smallest absolute Gasteiger partial charge is 0.232 e. The van der Waals surface area contributed by atoms with Gasteiger partial charge in [-0.1, -0.05) is 24.3 Å². The topological polar surface area (TPSA) is 87.3 Å². The first-order valence-corrected chi connectivity index (χ1v) is 10.3. The van der Waals surface area contributed by atoms with Crippen molar-refractivity contribution in [2.75, 3.05) is 13.6 Å². The van der Waals surface area contributed by atoms with E-state index in [0.29, 0.717) is 12.4 Å². The Kier molecular flexibility index (Phi) is 4.65. The van der Waals surface area contributed by atoms with Crippen LogP contribution in [-0.4, -0.2) is 52.4 Å². The van der Waals surface area contributed by atoms with Crippen LogP contribution in [0.5, 0.6) is 5.88 Å². The van der Waals surface area contributed by atoms with Crippen molar-refractivity contribution in [3.63, 3.8) is 0 Å². The number of pyridine rings is 1. The van der Waals surface area contributed by atoms with E-state index in [-0.39, 0.29) is 36.3 Å². The second-order valence-corrected chi connectivity index (χ2v) is 7.98. The van der Waals surface area contributed by atoms with E-state index in [4.69, 9.17) is 4.74 Å². The van der Waals surface area contributed by atoms with Gasteiger partial charge in [-0.05, 0) is 30.5 Å². The lowest BCUT2D eigenvalue weighted by Gasteiger charge is -2.46. The van der Waals surface area contributed by atoms with Crippen molar-refractivity contribution >= 4 is 22.7 Å². The normalized spacial score (nSPS) is 22.4. The molecule has 1 fully saturated rings. The SMILES string of the molecule is CNC(=O)CC(=O)N1C[C@H](Oc2ccccn2)[C@H]2C[C@@H]1Cc1c2[nH]c2ccccc12. The van der Waals surface area contributed by atoms with Crippen molar-refractivity contribution in [3.05, 3.63) is 59.9 Å². The van der Waals surface area contributed by atoms with E-state index in [1.807, 2.05) is 35.2 Å². The van der Waals surface area contributed by atoms with Gasteiger partial charge in [0.2, 0.25) is 17.7 Å². The first-order valence-electron chi connectivity index (χ1n) is 10.3. The van der Waals surface area contributed by atoms with Crippen LogP contribution in [0.1, 0.15) is 30.0 Å². The molecule has 0 spiro atoms. The summed E-state index contributed by atoms with van der Waals surface area (Å²) in [5.41, 5.74) is 3.56. The number of likely N-dealkylation sites (tertiary alicyclic amines) is 1. The van der Waals surface area contributed by atoms with E-state index in [1.165, 1.54) is 16.6 Å². The number of hydrogen-bond acceptors (Lipinski definition) is 4. The molecule has 2 aromatic heterocycles. The average Bonchev–Trinajstić information content (AvgIpc) is 3.14. The summed E-state index contributed by atoms with van der Waals surface area (Å²) in [4.78, 5) is 34.6. The fourth-order valence-corrected chi connectivity index (χ4v) is 4.86. The number of benzene rings is 1. The Morgan fingerprint density at radius 2 is 2.07 bits per heavy atom. The minimum absolute atomic E-state index is 0.0578. The third-order valence-corrected chi connectivity index (χ3v) is 6.27. The van der Waals surface area contributed by atoms with Crippen LogP contribution < -0.4 is 10.1 Å². The lowest BCUT2D eigenvalue weighted by Crippen LogP contribution is -2.56. The van der Waals surface area contributed by atoms with Crippen LogP contribution in [0.2, 0.25) is 0 Å². The van der Waals surface area contributed by atoms with Gasteiger partial charge < -0.3 is 19.9 Å². The zero-order valence-electron chi connectivity index (χ0n) is 16.8. The number of fused-ring (bicyclic) bond motifs is 6. The maximum absolute atomic E-state index is 13.0. The standard InChI is InChI=1S/C23H24N4O3/c1-24-20(28)12-22(29)27-13-19(30-21-8-4-5-9-25-21)17-11-14(27)10-16-15-6-2-3-7-18(15)26-23(16)17/h2-9,14,17,19,26H,10-13H2,1H3,(H,24,28)/t14-,17+,19-/m0/s1. The van der Waals surface area contributed by atoms with Crippen molar-refractivity contribution in [1.82, 2.24) is 20.2 Å². The highest BCUT2D eigenvalue weighted by Gasteiger charge is 2.45. The summed E-state index contributed by atoms with van der Waals surface area (Å²) in [6.45, 7) is 0.441. The predicted octanol–water partition coefficient (Wildman–Crippen LogP) is 2.39. The summed E-state index contributed by atoms with van der Waals surface area (Å²) < 4.78 is 6.28. The van der Waals surface area contributed by atoms with Gasteiger partial charge in [-0.25, -0.2) is 4.98 Å². The van der Waals surface area contributed by atoms with Gasteiger partial charge >= 0.3 is 0 Å². The summed E-state index contributed by atoms with van der Waals surface area (Å²) >= 11 is 0. The number of carbonyl (C=O) groups is 2. The Hall–Kier alpha value is -3.35. The third-order valence-electron chi connectivity index (χ3n) is 6.27. The van der Waals surface area contributed by atoms with Gasteiger partial charge in [0.05, 0.1) is 6.54 Å². The van der Waals surface area contributed by atoms with E-state index in [0.717, 1.165) is 18.4 Å². The maximum atomic E-state index is 13.0. The zero-order chi connectivity index (χ0) is 20.7. The van der Waals surface area contributed by atoms with Gasteiger partial charge in [0, 0.05) is 47.9 Å². The second kappa shape index (κ2) is 7.48. The molecule has 1 saturated heterocycles. The number of H-pyrrole nitrogens is 1. The number of piperidine rings is 1. The van der Waals surface area contributed by atoms with Gasteiger partial charge in [0.25, 0.3) is 0 Å². The Labute approximate surface area is 174 Å². The number of aromatic amines is 1. The molecule has 1 aromatic carbocycles. The Morgan fingerprint density at radius 1 is 1.23 bits per heavy atom. The number of rotatable bonds is 4. The Morgan fingerprint density at radius 3 is 2.87 bits per heavy atom. The van der Waals surface area contributed by atoms with Crippen molar-refractivity contribution in [3.8, 4) is 5.88 Å². The molecule has 2 aliphatic rings. The summed E-state index contributed by atoms with van der Waals surface area (Å²) in [5.74, 6) is 0.253. The molecule has 0 saturated carbocycles. The molecule has 2 amide bonds. The highest BCUT2D eigenvalue weighted by Crippen LogP contribution is 2.43. The molecule has 1 aliphatic heterocycles. The molecule has 5 rings (SSSR count). The van der Waals surface area contributed by atoms with Crippen molar-refractivity contribution < 1.29 is 14.3 Å². The van der Waals surface area contributed by atoms with E-state index in [9.17, 15) is 9.59 Å². The molecule has 1 aliphatic carbocycles. The number of aromatic nitrogens is 2. The zero-order valence-corrected chi connectivity index (χ0v) is 16.8. The van der Waals surface area contributed by atoms with Crippen LogP contribution in [-0.2, 0) is 16.0 Å². The van der Waals surface area contributed by atoms with Gasteiger partial charge in [-0.2, -0.15) is 0 Å². The molecular formula is C23H24N4O3. The largest absolute Gasteiger partial charge is 0.472 e. The Bertz CT molecular complexity index is 1090. The highest BCUT2D eigenvalue weighted by molar-refractivity contribution is 5.97. The molecule has 7 nitrogen and oxygen atoms in total. The quantitative estimate of drug-likeness (QED) is 0.654. The molecular weight excluding hydrogens is 380 g/mol. The van der Waals surface area contributed by atoms with Crippen molar-refractivity contribution in [2.45, 2.75) is 37.3 Å². The lowest BCUT2D eigenvalue weighted by molar-refractivity contribution is -0.141. The van der Waals surface area contributed by atoms with Crippen LogP contribution in [0.15, 0.2) is 48.7 Å². The molecule has 3 atom stereocenters. The predicted molar refractivity (Wildman–Crippen MR) is 112 cm³/mol. The van der Waals surface area contributed by atoms with E-state index in [1.54, 1.807) is 13.2 Å². The molecule has 154 valence electrons. The molecule has 0 unspecified atom stereocenters. The molecule has 2 N–H and O–H groups in total. The second-order valence-electron chi connectivity index (χ2n) is 7.98. The molecule has 0 radical (unpaired) electrons. The minimum atomic E-state index is -0.270. The number of ether oxygens (including phenoxy) is 1. The Balaban J connectivity index is 1.53. The number of hydrogen-bond donors (Lipinski definition) is 2. The average molecular weight is 404 g/mol. The minimum Gasteiger partial charge on any atom is -0.472 e. The highest BCUT2D eigenvalue weighted by atomic mass is 16.5. The lowest BCUT2D eigenvalue weighted by atomic mass is 9.76. The van der Waals surface area contributed by atoms with Crippen molar-refractivity contribution in [1.29, 1.82) is 0 Å². The van der Waals surface area contributed by atoms with Crippen LogP contribution in [0.25, 0.3) is 10.9 Å². The summed E-state index contributed by atoms with van der Waals surface area (Å²) in [7, 11) is 1.55. The first-order chi connectivity index (χ1) is 14.6. The van der Waals surface area contributed by atoms with Crippen LogP contribution in [0.4, 0.5) is 0 Å². The molecule has 3 heterocycles. The van der Waals surface area contributed by atoms with Gasteiger partial charge in [0.1, 0.15) is 12.5 Å². The van der Waals surface area contributed by atoms with E-state index >= 15 is 0 Å². The van der Waals surface area contributed by atoms with Gasteiger partial charge in [0.15, 0.2) is 0 Å². The number of nitrogens with one attached hydrogen (secondary N) is 2. The van der Waals surface area contributed by atoms with Crippen LogP contribution in [0.3, 0.4) is 0 Å². The molecule has 30 heavy (non-hydrogen) atoms. The molecule has 3 aromatic rings. The monoisotopic (exact) mass is 404 g/mol. The fourth-order valence-electron chi connectivity index (χ4n) is 4.86. The molecule has 2 bridgehead atoms. The molecule has 7 heteroatoms. The number of carbonyl (C=O) groups excluding carboxylic acids is 2. The van der Waals surface area contributed by atoms with Crippen LogP contribution >= 0.6 is 0 Å². The van der Waals surface area contributed by atoms with Crippen LogP contribution in [0, 0.1) is 0 Å². The van der Waals surface area contributed by atoms with E-state index in [2.05, 4.69) is 27.4 Å².